The molecule has 2 aliphatic heterocycles. The lowest BCUT2D eigenvalue weighted by Gasteiger charge is -2.19. The summed E-state index contributed by atoms with van der Waals surface area (Å²) in [5, 5.41) is 1.33. The molecule has 6 nitrogen and oxygen atoms in total. The molecule has 0 saturated heterocycles. The van der Waals surface area contributed by atoms with Gasteiger partial charge in [-0.3, -0.25) is 19.8 Å². The number of hydrogen-bond acceptors (Lipinski definition) is 4. The van der Waals surface area contributed by atoms with Gasteiger partial charge in [0, 0.05) is 22.7 Å². The number of fused-ring (bicyclic) bond motifs is 2. The number of para-hydroxylation sites is 1. The van der Waals surface area contributed by atoms with Gasteiger partial charge in [0.05, 0.1) is 17.9 Å². The number of carbonyl (C=O) groups is 3. The van der Waals surface area contributed by atoms with Gasteiger partial charge in [0.25, 0.3) is 11.8 Å². The molecule has 0 bridgehead atoms. The number of rotatable bonds is 5. The van der Waals surface area contributed by atoms with Gasteiger partial charge in [-0.25, -0.2) is 5.01 Å². The number of hydrogen-bond donors (Lipinski definition) is 1. The predicted octanol–water partition coefficient (Wildman–Crippen LogP) is 3.67. The number of anilines is 1. The standard InChI is InChI=1S/C25H21N3O3S/c29-23(27-14-13-17-7-2-5-11-21(17)27)16-32-22-12-6-4-10-20(22)24(30)26-28-15-18-8-1-3-9-19(18)25(28)31/h1-12H,13-16H2,(H,26,30). The second-order valence-corrected chi connectivity index (χ2v) is 8.72. The Morgan fingerprint density at radius 3 is 2.47 bits per heavy atom. The van der Waals surface area contributed by atoms with Gasteiger partial charge in [-0.05, 0) is 41.8 Å². The summed E-state index contributed by atoms with van der Waals surface area (Å²) < 4.78 is 0. The summed E-state index contributed by atoms with van der Waals surface area (Å²) in [6.07, 6.45) is 0.859. The van der Waals surface area contributed by atoms with Crippen molar-refractivity contribution in [2.24, 2.45) is 0 Å². The van der Waals surface area contributed by atoms with Gasteiger partial charge in [-0.1, -0.05) is 48.5 Å². The topological polar surface area (TPSA) is 69.7 Å². The summed E-state index contributed by atoms with van der Waals surface area (Å²) >= 11 is 1.34. The maximum Gasteiger partial charge on any atom is 0.272 e. The zero-order chi connectivity index (χ0) is 22.1. The average molecular weight is 444 g/mol. The zero-order valence-corrected chi connectivity index (χ0v) is 18.1. The van der Waals surface area contributed by atoms with Crippen molar-refractivity contribution >= 4 is 35.2 Å². The molecule has 2 heterocycles. The van der Waals surface area contributed by atoms with Crippen LogP contribution in [-0.2, 0) is 17.8 Å². The van der Waals surface area contributed by atoms with E-state index >= 15 is 0 Å². The molecule has 3 aromatic rings. The smallest absolute Gasteiger partial charge is 0.272 e. The maximum atomic E-state index is 13.0. The van der Waals surface area contributed by atoms with Crippen molar-refractivity contribution in [2.75, 3.05) is 17.2 Å². The van der Waals surface area contributed by atoms with Crippen LogP contribution in [0.5, 0.6) is 0 Å². The molecule has 1 N–H and O–H groups in total. The van der Waals surface area contributed by atoms with Gasteiger partial charge >= 0.3 is 0 Å². The number of benzene rings is 3. The minimum atomic E-state index is -0.367. The molecule has 0 aliphatic carbocycles. The molecule has 3 amide bonds. The van der Waals surface area contributed by atoms with Gasteiger partial charge in [-0.15, -0.1) is 11.8 Å². The van der Waals surface area contributed by atoms with Crippen LogP contribution >= 0.6 is 11.8 Å². The molecule has 160 valence electrons. The van der Waals surface area contributed by atoms with Crippen LogP contribution in [0, 0.1) is 0 Å². The normalized spacial score (nSPS) is 14.3. The van der Waals surface area contributed by atoms with E-state index in [-0.39, 0.29) is 23.5 Å². The largest absolute Gasteiger partial charge is 0.311 e. The van der Waals surface area contributed by atoms with Gasteiger partial charge in [0.15, 0.2) is 0 Å². The third kappa shape index (κ3) is 3.76. The van der Waals surface area contributed by atoms with E-state index in [0.717, 1.165) is 17.7 Å². The molecule has 0 spiro atoms. The highest BCUT2D eigenvalue weighted by Gasteiger charge is 2.29. The van der Waals surface area contributed by atoms with E-state index in [2.05, 4.69) is 5.43 Å². The minimum absolute atomic E-state index is 0.0142. The van der Waals surface area contributed by atoms with Crippen LogP contribution in [0.25, 0.3) is 0 Å². The molecule has 0 unspecified atom stereocenters. The highest BCUT2D eigenvalue weighted by atomic mass is 32.2. The van der Waals surface area contributed by atoms with E-state index in [1.807, 2.05) is 59.5 Å². The molecule has 3 aromatic carbocycles. The number of thioether (sulfide) groups is 1. The van der Waals surface area contributed by atoms with Crippen molar-refractivity contribution < 1.29 is 14.4 Å². The molecule has 2 aliphatic rings. The Hall–Kier alpha value is -3.58. The van der Waals surface area contributed by atoms with E-state index in [1.54, 1.807) is 18.2 Å². The summed E-state index contributed by atoms with van der Waals surface area (Å²) in [5.74, 6) is -0.345. The van der Waals surface area contributed by atoms with Crippen LogP contribution in [-0.4, -0.2) is 35.0 Å². The number of nitrogens with zero attached hydrogens (tertiary/aromatic N) is 2. The summed E-state index contributed by atoms with van der Waals surface area (Å²) in [5.41, 5.74) is 6.81. The van der Waals surface area contributed by atoms with Crippen LogP contribution in [0.15, 0.2) is 77.7 Å². The average Bonchev–Trinajstić information content (AvgIpc) is 3.39. The third-order valence-corrected chi connectivity index (χ3v) is 6.79. The highest BCUT2D eigenvalue weighted by molar-refractivity contribution is 8.00. The Kier molecular flexibility index (Phi) is 5.41. The molecule has 5 rings (SSSR count). The van der Waals surface area contributed by atoms with E-state index in [0.29, 0.717) is 29.1 Å². The van der Waals surface area contributed by atoms with E-state index in [4.69, 9.17) is 0 Å². The molecular formula is C25H21N3O3S. The lowest BCUT2D eigenvalue weighted by Crippen LogP contribution is -2.42. The van der Waals surface area contributed by atoms with Gasteiger partial charge in [0.1, 0.15) is 0 Å². The van der Waals surface area contributed by atoms with Crippen molar-refractivity contribution in [3.63, 3.8) is 0 Å². The molecule has 7 heteroatoms. The first-order valence-corrected chi connectivity index (χ1v) is 11.4. The van der Waals surface area contributed by atoms with Crippen molar-refractivity contribution in [1.82, 2.24) is 10.4 Å². The lowest BCUT2D eigenvalue weighted by molar-refractivity contribution is -0.116. The van der Waals surface area contributed by atoms with E-state index < -0.39 is 0 Å². The van der Waals surface area contributed by atoms with Crippen molar-refractivity contribution in [2.45, 2.75) is 17.9 Å². The minimum Gasteiger partial charge on any atom is -0.311 e. The van der Waals surface area contributed by atoms with Crippen LogP contribution < -0.4 is 10.3 Å². The number of amides is 3. The van der Waals surface area contributed by atoms with Gasteiger partial charge in [0.2, 0.25) is 5.91 Å². The Morgan fingerprint density at radius 1 is 0.906 bits per heavy atom. The summed E-state index contributed by atoms with van der Waals surface area (Å²) in [6.45, 7) is 1.02. The van der Waals surface area contributed by atoms with E-state index in [9.17, 15) is 14.4 Å². The highest BCUT2D eigenvalue weighted by Crippen LogP contribution is 2.30. The van der Waals surface area contributed by atoms with E-state index in [1.165, 1.54) is 22.3 Å². The maximum absolute atomic E-state index is 13.0. The van der Waals surface area contributed by atoms with Crippen LogP contribution in [0.2, 0.25) is 0 Å². The molecule has 32 heavy (non-hydrogen) atoms. The predicted molar refractivity (Wildman–Crippen MR) is 123 cm³/mol. The fraction of sp³-hybridized carbons (Fsp3) is 0.160. The van der Waals surface area contributed by atoms with Crippen molar-refractivity contribution in [3.8, 4) is 0 Å². The second-order valence-electron chi connectivity index (χ2n) is 7.70. The molecule has 0 fully saturated rings. The summed E-state index contributed by atoms with van der Waals surface area (Å²) in [7, 11) is 0. The Labute approximate surface area is 190 Å². The first-order chi connectivity index (χ1) is 15.6. The molecule has 0 radical (unpaired) electrons. The zero-order valence-electron chi connectivity index (χ0n) is 17.3. The first-order valence-electron chi connectivity index (χ1n) is 10.4. The van der Waals surface area contributed by atoms with Crippen LogP contribution in [0.1, 0.15) is 31.8 Å². The molecule has 0 aromatic heterocycles. The summed E-state index contributed by atoms with van der Waals surface area (Å²) in [4.78, 5) is 40.9. The van der Waals surface area contributed by atoms with Crippen LogP contribution in [0.3, 0.4) is 0 Å². The fourth-order valence-electron chi connectivity index (χ4n) is 4.12. The fourth-order valence-corrected chi connectivity index (χ4v) is 5.05. The van der Waals surface area contributed by atoms with Gasteiger partial charge < -0.3 is 4.90 Å². The van der Waals surface area contributed by atoms with Gasteiger partial charge in [-0.2, -0.15) is 0 Å². The van der Waals surface area contributed by atoms with Crippen molar-refractivity contribution in [1.29, 1.82) is 0 Å². The number of nitrogens with one attached hydrogen (secondary N) is 1. The monoisotopic (exact) mass is 443 g/mol. The molecular weight excluding hydrogens is 422 g/mol. The molecule has 0 atom stereocenters. The number of carbonyl (C=O) groups excluding carboxylic acids is 3. The van der Waals surface area contributed by atoms with Crippen molar-refractivity contribution in [3.05, 3.63) is 95.1 Å². The molecule has 0 saturated carbocycles. The second kappa shape index (κ2) is 8.51. The quantitative estimate of drug-likeness (QED) is 0.611. The van der Waals surface area contributed by atoms with Crippen LogP contribution in [0.4, 0.5) is 5.69 Å². The Bertz CT molecular complexity index is 1230. The lowest BCUT2D eigenvalue weighted by atomic mass is 10.1. The first kappa shape index (κ1) is 20.3. The SMILES string of the molecule is O=C(NN1Cc2ccccc2C1=O)c1ccccc1SCC(=O)N1CCc2ccccc21. The summed E-state index contributed by atoms with van der Waals surface area (Å²) in [6, 6.07) is 22.4. The Morgan fingerprint density at radius 2 is 1.62 bits per heavy atom. The Balaban J connectivity index is 1.26. The third-order valence-electron chi connectivity index (χ3n) is 5.73. The number of hydrazine groups is 1.